The molecule has 0 bridgehead atoms. The Bertz CT molecular complexity index is 627. The molecule has 1 N–H and O–H groups in total. The van der Waals surface area contributed by atoms with Crippen LogP contribution in [0, 0.1) is 18.3 Å². The Morgan fingerprint density at radius 3 is 2.68 bits per heavy atom. The SMILES string of the molecule is COc1ccc(C#N)c(Nc2c(C)cccc2Cl)c1. The monoisotopic (exact) mass is 272 g/mol. The van der Waals surface area contributed by atoms with Gasteiger partial charge in [-0.2, -0.15) is 5.26 Å². The number of nitrogens with zero attached hydrogens (tertiary/aromatic N) is 1. The molecular formula is C15H13ClN2O. The Labute approximate surface area is 117 Å². The molecule has 0 aromatic heterocycles. The summed E-state index contributed by atoms with van der Waals surface area (Å²) in [7, 11) is 1.59. The van der Waals surface area contributed by atoms with Crippen molar-refractivity contribution in [1.82, 2.24) is 0 Å². The summed E-state index contributed by atoms with van der Waals surface area (Å²) < 4.78 is 5.17. The number of para-hydroxylation sites is 1. The average molecular weight is 273 g/mol. The summed E-state index contributed by atoms with van der Waals surface area (Å²) in [5, 5.41) is 13.0. The standard InChI is InChI=1S/C15H13ClN2O/c1-10-4-3-5-13(16)15(10)18-14-8-12(19-2)7-6-11(14)9-17/h3-8,18H,1-2H3. The molecule has 0 aliphatic rings. The van der Waals surface area contributed by atoms with Crippen LogP contribution in [-0.2, 0) is 0 Å². The summed E-state index contributed by atoms with van der Waals surface area (Å²) >= 11 is 6.17. The van der Waals surface area contributed by atoms with Crippen LogP contribution in [0.5, 0.6) is 5.75 Å². The molecule has 2 aromatic rings. The topological polar surface area (TPSA) is 45.0 Å². The van der Waals surface area contributed by atoms with Gasteiger partial charge in [0, 0.05) is 6.07 Å². The lowest BCUT2D eigenvalue weighted by atomic mass is 10.1. The van der Waals surface area contributed by atoms with E-state index in [2.05, 4.69) is 11.4 Å². The molecule has 2 aromatic carbocycles. The smallest absolute Gasteiger partial charge is 0.121 e. The van der Waals surface area contributed by atoms with E-state index in [1.54, 1.807) is 25.3 Å². The van der Waals surface area contributed by atoms with Crippen molar-refractivity contribution in [2.45, 2.75) is 6.92 Å². The second-order valence-electron chi connectivity index (χ2n) is 4.08. The van der Waals surface area contributed by atoms with E-state index in [0.717, 1.165) is 11.3 Å². The summed E-state index contributed by atoms with van der Waals surface area (Å²) in [6, 6.07) is 13.0. The third kappa shape index (κ3) is 2.81. The van der Waals surface area contributed by atoms with Gasteiger partial charge in [0.1, 0.15) is 11.8 Å². The molecule has 0 unspecified atom stereocenters. The van der Waals surface area contributed by atoms with Gasteiger partial charge in [-0.15, -0.1) is 0 Å². The highest BCUT2D eigenvalue weighted by atomic mass is 35.5. The predicted molar refractivity (Wildman–Crippen MR) is 77.2 cm³/mol. The van der Waals surface area contributed by atoms with Crippen LogP contribution >= 0.6 is 11.6 Å². The molecular weight excluding hydrogens is 260 g/mol. The second kappa shape index (κ2) is 5.64. The number of aryl methyl sites for hydroxylation is 1. The lowest BCUT2D eigenvalue weighted by Gasteiger charge is -2.13. The number of nitriles is 1. The number of rotatable bonds is 3. The normalized spacial score (nSPS) is 9.79. The van der Waals surface area contributed by atoms with Crippen LogP contribution in [0.3, 0.4) is 0 Å². The minimum atomic E-state index is 0.542. The van der Waals surface area contributed by atoms with Crippen LogP contribution in [0.25, 0.3) is 0 Å². The molecule has 0 saturated carbocycles. The van der Waals surface area contributed by atoms with Crippen LogP contribution < -0.4 is 10.1 Å². The molecule has 0 heterocycles. The Hall–Kier alpha value is -2.18. The molecule has 2 rings (SSSR count). The molecule has 3 nitrogen and oxygen atoms in total. The highest BCUT2D eigenvalue weighted by Gasteiger charge is 2.08. The van der Waals surface area contributed by atoms with E-state index >= 15 is 0 Å². The first-order chi connectivity index (χ1) is 9.15. The molecule has 96 valence electrons. The van der Waals surface area contributed by atoms with Crippen molar-refractivity contribution in [3.63, 3.8) is 0 Å². The number of hydrogen-bond donors (Lipinski definition) is 1. The number of ether oxygens (including phenoxy) is 1. The zero-order chi connectivity index (χ0) is 13.8. The number of nitrogens with one attached hydrogen (secondary N) is 1. The summed E-state index contributed by atoms with van der Waals surface area (Å²) in [4.78, 5) is 0. The van der Waals surface area contributed by atoms with Crippen LogP contribution in [0.4, 0.5) is 11.4 Å². The van der Waals surface area contributed by atoms with Crippen LogP contribution in [-0.4, -0.2) is 7.11 Å². The van der Waals surface area contributed by atoms with E-state index in [1.165, 1.54) is 0 Å². The van der Waals surface area contributed by atoms with Gasteiger partial charge >= 0.3 is 0 Å². The fourth-order valence-corrected chi connectivity index (χ4v) is 2.05. The van der Waals surface area contributed by atoms with Crippen molar-refractivity contribution in [1.29, 1.82) is 5.26 Å². The summed E-state index contributed by atoms with van der Waals surface area (Å²) in [5.41, 5.74) is 3.03. The molecule has 4 heteroatoms. The van der Waals surface area contributed by atoms with E-state index in [1.807, 2.05) is 25.1 Å². The van der Waals surface area contributed by atoms with Gasteiger partial charge in [0.15, 0.2) is 0 Å². The van der Waals surface area contributed by atoms with E-state index in [0.29, 0.717) is 22.0 Å². The Balaban J connectivity index is 2.46. The summed E-state index contributed by atoms with van der Waals surface area (Å²) in [5.74, 6) is 0.686. The van der Waals surface area contributed by atoms with Gasteiger partial charge in [0.2, 0.25) is 0 Å². The van der Waals surface area contributed by atoms with Crippen LogP contribution in [0.2, 0.25) is 5.02 Å². The fraction of sp³-hybridized carbons (Fsp3) is 0.133. The second-order valence-corrected chi connectivity index (χ2v) is 4.49. The van der Waals surface area contributed by atoms with Gasteiger partial charge in [-0.05, 0) is 30.7 Å². The van der Waals surface area contributed by atoms with Crippen molar-refractivity contribution in [3.05, 3.63) is 52.5 Å². The van der Waals surface area contributed by atoms with E-state index in [9.17, 15) is 0 Å². The zero-order valence-electron chi connectivity index (χ0n) is 10.7. The highest BCUT2D eigenvalue weighted by Crippen LogP contribution is 2.31. The first-order valence-electron chi connectivity index (χ1n) is 5.76. The Morgan fingerprint density at radius 1 is 1.26 bits per heavy atom. The number of halogens is 1. The number of benzene rings is 2. The lowest BCUT2D eigenvalue weighted by molar-refractivity contribution is 0.415. The lowest BCUT2D eigenvalue weighted by Crippen LogP contribution is -1.97. The highest BCUT2D eigenvalue weighted by molar-refractivity contribution is 6.33. The maximum atomic E-state index is 9.13. The van der Waals surface area contributed by atoms with Gasteiger partial charge in [-0.25, -0.2) is 0 Å². The van der Waals surface area contributed by atoms with Crippen molar-refractivity contribution in [2.24, 2.45) is 0 Å². The molecule has 0 amide bonds. The van der Waals surface area contributed by atoms with Gasteiger partial charge in [-0.1, -0.05) is 23.7 Å². The molecule has 0 aliphatic carbocycles. The zero-order valence-corrected chi connectivity index (χ0v) is 11.5. The molecule has 0 atom stereocenters. The van der Waals surface area contributed by atoms with E-state index in [4.69, 9.17) is 21.6 Å². The van der Waals surface area contributed by atoms with Gasteiger partial charge in [0.25, 0.3) is 0 Å². The molecule has 0 spiro atoms. The Kier molecular flexibility index (Phi) is 3.94. The van der Waals surface area contributed by atoms with Gasteiger partial charge < -0.3 is 10.1 Å². The van der Waals surface area contributed by atoms with Crippen LogP contribution in [0.1, 0.15) is 11.1 Å². The minimum absolute atomic E-state index is 0.542. The molecule has 19 heavy (non-hydrogen) atoms. The van der Waals surface area contributed by atoms with Gasteiger partial charge in [-0.3, -0.25) is 0 Å². The third-order valence-electron chi connectivity index (χ3n) is 2.83. The first-order valence-corrected chi connectivity index (χ1v) is 6.13. The Morgan fingerprint density at radius 2 is 2.05 bits per heavy atom. The molecule has 0 aliphatic heterocycles. The fourth-order valence-electron chi connectivity index (χ4n) is 1.78. The number of anilines is 2. The van der Waals surface area contributed by atoms with Crippen molar-refractivity contribution in [3.8, 4) is 11.8 Å². The van der Waals surface area contributed by atoms with E-state index < -0.39 is 0 Å². The summed E-state index contributed by atoms with van der Waals surface area (Å²) in [6.07, 6.45) is 0. The predicted octanol–water partition coefficient (Wildman–Crippen LogP) is 4.27. The maximum absolute atomic E-state index is 9.13. The largest absolute Gasteiger partial charge is 0.497 e. The number of hydrogen-bond acceptors (Lipinski definition) is 3. The van der Waals surface area contributed by atoms with Crippen LogP contribution in [0.15, 0.2) is 36.4 Å². The number of methoxy groups -OCH3 is 1. The van der Waals surface area contributed by atoms with Crippen molar-refractivity contribution in [2.75, 3.05) is 12.4 Å². The van der Waals surface area contributed by atoms with E-state index in [-0.39, 0.29) is 0 Å². The average Bonchev–Trinajstić information content (AvgIpc) is 2.42. The minimum Gasteiger partial charge on any atom is -0.497 e. The first kappa shape index (κ1) is 13.3. The summed E-state index contributed by atoms with van der Waals surface area (Å²) in [6.45, 7) is 1.96. The maximum Gasteiger partial charge on any atom is 0.121 e. The molecule has 0 fully saturated rings. The molecule has 0 radical (unpaired) electrons. The van der Waals surface area contributed by atoms with Gasteiger partial charge in [0.05, 0.1) is 29.1 Å². The third-order valence-corrected chi connectivity index (χ3v) is 3.14. The van der Waals surface area contributed by atoms with Crippen molar-refractivity contribution < 1.29 is 4.74 Å². The molecule has 0 saturated heterocycles. The quantitative estimate of drug-likeness (QED) is 0.907. The van der Waals surface area contributed by atoms with Crippen molar-refractivity contribution >= 4 is 23.0 Å².